The Hall–Kier alpha value is -3.87. The van der Waals surface area contributed by atoms with Crippen molar-refractivity contribution in [3.05, 3.63) is 175 Å². The number of nitrogens with zero attached hydrogens (tertiary/aromatic N) is 3. The molecule has 0 amide bonds. The third kappa shape index (κ3) is 6.02. The van der Waals surface area contributed by atoms with Crippen LogP contribution in [0.2, 0.25) is 0 Å². The van der Waals surface area contributed by atoms with Crippen molar-refractivity contribution in [2.75, 3.05) is 0 Å². The molecule has 0 radical (unpaired) electrons. The number of fused-ring (bicyclic) bond motifs is 6. The Labute approximate surface area is 285 Å². The zero-order chi connectivity index (χ0) is 31.7. The Kier molecular flexibility index (Phi) is 8.64. The maximum Gasteiger partial charge on any atom is 0.328 e. The van der Waals surface area contributed by atoms with Gasteiger partial charge in [0.05, 0.1) is 51.9 Å². The van der Waals surface area contributed by atoms with E-state index >= 15 is 0 Å². The van der Waals surface area contributed by atoms with E-state index in [4.69, 9.17) is 27.9 Å². The van der Waals surface area contributed by atoms with Gasteiger partial charge in [-0.2, -0.15) is 11.5 Å². The fraction of sp³-hybridized carbons (Fsp3) is 0. The van der Waals surface area contributed by atoms with Crippen LogP contribution < -0.4 is 16.1 Å². The summed E-state index contributed by atoms with van der Waals surface area (Å²) in [5.74, 6) is 0. The van der Waals surface area contributed by atoms with Crippen molar-refractivity contribution >= 4 is 70.3 Å². The number of hydrogen-bond acceptors (Lipinski definition) is 6. The first kappa shape index (κ1) is 30.5. The van der Waals surface area contributed by atoms with E-state index in [1.807, 2.05) is 146 Å². The Bertz CT molecular complexity index is 2530. The van der Waals surface area contributed by atoms with Gasteiger partial charge >= 0.3 is 11.4 Å². The van der Waals surface area contributed by atoms with Gasteiger partial charge in [-0.3, -0.25) is 0 Å². The molecule has 0 aromatic heterocycles. The van der Waals surface area contributed by atoms with E-state index in [0.717, 1.165) is 61.4 Å². The highest BCUT2D eigenvalue weighted by molar-refractivity contribution is 8.29. The van der Waals surface area contributed by atoms with Crippen LogP contribution in [0.5, 0.6) is 0 Å². The van der Waals surface area contributed by atoms with Crippen LogP contribution in [0, 0.1) is 13.5 Å². The second kappa shape index (κ2) is 13.3. The number of halogens is 1. The van der Waals surface area contributed by atoms with Crippen molar-refractivity contribution in [3.8, 4) is 0 Å². The molecule has 3 aliphatic heterocycles. The van der Waals surface area contributed by atoms with Crippen LogP contribution in [-0.4, -0.2) is 4.21 Å². The van der Waals surface area contributed by atoms with E-state index in [0.29, 0.717) is 0 Å². The van der Waals surface area contributed by atoms with Crippen molar-refractivity contribution in [1.82, 2.24) is 0 Å². The average molecular weight is 710 g/mol. The van der Waals surface area contributed by atoms with Crippen LogP contribution in [-0.2, 0) is 18.6 Å². The molecule has 232 valence electrons. The summed E-state index contributed by atoms with van der Waals surface area (Å²) < 4.78 is 28.3. The summed E-state index contributed by atoms with van der Waals surface area (Å²) in [6.45, 7) is 0. The lowest BCUT2D eigenvalue weighted by atomic mass is 10.3. The van der Waals surface area contributed by atoms with Crippen molar-refractivity contribution in [2.45, 2.75) is 14.7 Å². The summed E-state index contributed by atoms with van der Waals surface area (Å²) in [6, 6.07) is 47.2. The molecule has 0 aliphatic carbocycles. The summed E-state index contributed by atoms with van der Waals surface area (Å²) in [6.07, 6.45) is 0. The maximum absolute atomic E-state index is 13.2. The van der Waals surface area contributed by atoms with Gasteiger partial charge < -0.3 is 0 Å². The van der Waals surface area contributed by atoms with Crippen molar-refractivity contribution in [3.63, 3.8) is 0 Å². The molecule has 0 saturated carbocycles. The highest BCUT2D eigenvalue weighted by Gasteiger charge is 2.20. The van der Waals surface area contributed by atoms with E-state index in [9.17, 15) is 4.21 Å². The molecule has 0 fully saturated rings. The van der Waals surface area contributed by atoms with Crippen molar-refractivity contribution in [2.24, 2.45) is 15.0 Å². The molecule has 0 N–H and O–H groups in total. The predicted molar refractivity (Wildman–Crippen MR) is 191 cm³/mol. The predicted octanol–water partition coefficient (Wildman–Crippen LogP) is 9.20. The summed E-state index contributed by atoms with van der Waals surface area (Å²) >= 11 is -2.00. The van der Waals surface area contributed by atoms with Gasteiger partial charge in [0.1, 0.15) is 0 Å². The first-order valence-corrected chi connectivity index (χ1v) is 19.9. The van der Waals surface area contributed by atoms with E-state index in [1.54, 1.807) is 0 Å². The normalized spacial score (nSPS) is 18.4. The van der Waals surface area contributed by atoms with E-state index in [1.165, 1.54) is 0 Å². The largest absolute Gasteiger partial charge is 0.328 e. The summed E-state index contributed by atoms with van der Waals surface area (Å²) in [7, 11) is 4.32. The first-order valence-electron chi connectivity index (χ1n) is 14.5. The van der Waals surface area contributed by atoms with E-state index in [2.05, 4.69) is 4.99 Å². The molecule has 6 aromatic carbocycles. The molecule has 6 nitrogen and oxygen atoms in total. The SMILES string of the molecule is ClS1=c2ccccc2=Nc2ccccc21.O=S(OS1=c2ccccc2=Nc2ccccc21)OS1=c2ccccc2=Nc2ccccc21. The number of hydrogen-bond donors (Lipinski definition) is 0. The first-order chi connectivity index (χ1) is 23.1. The molecule has 0 saturated heterocycles. The average Bonchev–Trinajstić information content (AvgIpc) is 3.12. The van der Waals surface area contributed by atoms with Gasteiger partial charge in [-0.1, -0.05) is 82.5 Å². The van der Waals surface area contributed by atoms with Gasteiger partial charge in [0.15, 0.2) is 0 Å². The standard InChI is InChI=1S/C24H16N2O3S3.C12H8ClNS/c27-32(28-30-21-13-5-1-9-17(21)25-18-10-2-6-14-22(18)30)29-31-23-15-7-3-11-19(23)26-20-12-4-8-16-24(20)31;13-15-11-7-3-1-5-9(11)14-10-6-2-4-8-12(10)15/h1-16H;1-8H. The molecule has 0 bridgehead atoms. The second-order valence-corrected chi connectivity index (χ2v) is 16.9. The molecule has 3 aliphatic rings. The van der Waals surface area contributed by atoms with Gasteiger partial charge in [0.25, 0.3) is 0 Å². The van der Waals surface area contributed by atoms with Crippen LogP contribution in [0.4, 0.5) is 17.1 Å². The molecule has 6 aromatic rings. The minimum atomic E-state index is -2.00. The van der Waals surface area contributed by atoms with Gasteiger partial charge in [0.2, 0.25) is 0 Å². The molecular formula is C36H24ClN3O3S4. The number of rotatable bonds is 4. The van der Waals surface area contributed by atoms with Crippen LogP contribution in [0.25, 0.3) is 0 Å². The van der Waals surface area contributed by atoms with Crippen molar-refractivity contribution < 1.29 is 11.5 Å². The smallest absolute Gasteiger partial charge is 0.247 e. The van der Waals surface area contributed by atoms with E-state index < -0.39 is 32.9 Å². The van der Waals surface area contributed by atoms with Gasteiger partial charge in [-0.15, -0.1) is 0 Å². The fourth-order valence-electron chi connectivity index (χ4n) is 5.24. The minimum Gasteiger partial charge on any atom is -0.247 e. The highest BCUT2D eigenvalue weighted by atomic mass is 35.7. The third-order valence-electron chi connectivity index (χ3n) is 7.35. The molecule has 3 heterocycles. The number of benzene rings is 6. The molecule has 0 spiro atoms. The molecule has 9 rings (SSSR count). The third-order valence-corrected chi connectivity index (χ3v) is 14.8. The van der Waals surface area contributed by atoms with Crippen LogP contribution >= 0.6 is 41.9 Å². The quantitative estimate of drug-likeness (QED) is 0.171. The van der Waals surface area contributed by atoms with E-state index in [-0.39, 0.29) is 9.70 Å². The van der Waals surface area contributed by atoms with Crippen LogP contribution in [0.3, 0.4) is 0 Å². The topological polar surface area (TPSA) is 72.6 Å². The Balaban J connectivity index is 0.000000180. The minimum absolute atomic E-state index is 0.362. The van der Waals surface area contributed by atoms with Gasteiger partial charge in [-0.05, 0) is 83.5 Å². The molecular weight excluding hydrogens is 686 g/mol. The molecule has 47 heavy (non-hydrogen) atoms. The number of para-hydroxylation sites is 6. The van der Waals surface area contributed by atoms with Crippen LogP contribution in [0.1, 0.15) is 0 Å². The zero-order valence-electron chi connectivity index (χ0n) is 24.4. The lowest BCUT2D eigenvalue weighted by Gasteiger charge is -2.17. The summed E-state index contributed by atoms with van der Waals surface area (Å²) in [5.41, 5.74) is 2.64. The Morgan fingerprint density at radius 2 is 0.787 bits per heavy atom. The Morgan fingerprint density at radius 3 is 1.28 bits per heavy atom. The van der Waals surface area contributed by atoms with Crippen molar-refractivity contribution in [1.29, 1.82) is 0 Å². The maximum atomic E-state index is 13.2. The Morgan fingerprint density at radius 1 is 0.447 bits per heavy atom. The second-order valence-electron chi connectivity index (χ2n) is 10.3. The molecule has 3 atom stereocenters. The van der Waals surface area contributed by atoms with Gasteiger partial charge in [0, 0.05) is 30.9 Å². The van der Waals surface area contributed by atoms with Crippen LogP contribution in [0.15, 0.2) is 175 Å². The highest BCUT2D eigenvalue weighted by Crippen LogP contribution is 2.44. The van der Waals surface area contributed by atoms with Gasteiger partial charge in [-0.25, -0.2) is 15.0 Å². The lowest BCUT2D eigenvalue weighted by molar-refractivity contribution is 0.520. The monoisotopic (exact) mass is 709 g/mol. The lowest BCUT2D eigenvalue weighted by Crippen LogP contribution is -2.09. The molecule has 11 heteroatoms. The fourth-order valence-corrected chi connectivity index (χ4v) is 12.1. The zero-order valence-corrected chi connectivity index (χ0v) is 28.5. The summed E-state index contributed by atoms with van der Waals surface area (Å²) in [4.78, 5) is 16.9. The summed E-state index contributed by atoms with van der Waals surface area (Å²) in [5, 5.41) is 2.64. The molecule has 3 unspecified atom stereocenters.